The summed E-state index contributed by atoms with van der Waals surface area (Å²) in [6, 6.07) is 0. The molecule has 0 aromatic heterocycles. The Hall–Kier alpha value is -0.300. The Balaban J connectivity index is 3.57. The predicted molar refractivity (Wildman–Crippen MR) is 49.6 cm³/mol. The van der Waals surface area contributed by atoms with Gasteiger partial charge in [0.2, 0.25) is 0 Å². The fourth-order valence-electron chi connectivity index (χ4n) is 0.816. The molecule has 66 valence electrons. The van der Waals surface area contributed by atoms with Crippen LogP contribution in [0, 0.1) is 0 Å². The zero-order chi connectivity index (χ0) is 8.91. The van der Waals surface area contributed by atoms with E-state index in [0.29, 0.717) is 0 Å². The lowest BCUT2D eigenvalue weighted by Gasteiger charge is -2.15. The van der Waals surface area contributed by atoms with Crippen molar-refractivity contribution in [1.29, 1.82) is 0 Å². The van der Waals surface area contributed by atoms with E-state index in [-0.39, 0.29) is 0 Å². The van der Waals surface area contributed by atoms with Crippen molar-refractivity contribution in [1.82, 2.24) is 0 Å². The smallest absolute Gasteiger partial charge is 0.0594 e. The highest BCUT2D eigenvalue weighted by Gasteiger charge is 2.09. The molecule has 0 rings (SSSR count). The molecule has 0 aromatic rings. The summed E-state index contributed by atoms with van der Waals surface area (Å²) in [4.78, 5) is 0. The van der Waals surface area contributed by atoms with Gasteiger partial charge in [0.1, 0.15) is 0 Å². The third kappa shape index (κ3) is 7.60. The molecule has 11 heavy (non-hydrogen) atoms. The molecule has 0 saturated carbocycles. The van der Waals surface area contributed by atoms with E-state index < -0.39 is 5.60 Å². The van der Waals surface area contributed by atoms with Crippen LogP contribution in [0.5, 0.6) is 0 Å². The van der Waals surface area contributed by atoms with E-state index in [2.05, 4.69) is 19.9 Å². The van der Waals surface area contributed by atoms with Gasteiger partial charge in [-0.15, -0.1) is 0 Å². The predicted octanol–water partition coefficient (Wildman–Crippen LogP) is 2.89. The van der Waals surface area contributed by atoms with Crippen molar-refractivity contribution in [2.45, 2.75) is 52.6 Å². The average Bonchev–Trinajstić information content (AvgIpc) is 1.85. The van der Waals surface area contributed by atoms with Crippen molar-refractivity contribution in [3.63, 3.8) is 0 Å². The summed E-state index contributed by atoms with van der Waals surface area (Å²) in [6.45, 7) is 7.98. The summed E-state index contributed by atoms with van der Waals surface area (Å²) in [5, 5.41) is 9.37. The third-order valence-corrected chi connectivity index (χ3v) is 1.81. The molecule has 0 atom stereocenters. The van der Waals surface area contributed by atoms with E-state index in [9.17, 15) is 5.11 Å². The summed E-state index contributed by atoms with van der Waals surface area (Å²) < 4.78 is 0. The maximum Gasteiger partial charge on any atom is 0.0594 e. The molecule has 0 fully saturated rings. The third-order valence-electron chi connectivity index (χ3n) is 1.81. The van der Waals surface area contributed by atoms with Crippen molar-refractivity contribution in [3.05, 3.63) is 11.6 Å². The van der Waals surface area contributed by atoms with Gasteiger partial charge in [-0.1, -0.05) is 18.6 Å². The molecule has 1 nitrogen and oxygen atoms in total. The van der Waals surface area contributed by atoms with Gasteiger partial charge >= 0.3 is 0 Å². The molecule has 0 amide bonds. The first-order valence-electron chi connectivity index (χ1n) is 4.33. The normalized spacial score (nSPS) is 13.7. The molecule has 1 N–H and O–H groups in total. The molecule has 0 aliphatic carbocycles. The maximum absolute atomic E-state index is 9.37. The average molecular weight is 156 g/mol. The first-order valence-corrected chi connectivity index (χ1v) is 4.33. The lowest BCUT2D eigenvalue weighted by Crippen LogP contribution is -2.17. The summed E-state index contributed by atoms with van der Waals surface area (Å²) in [5.74, 6) is 0. The van der Waals surface area contributed by atoms with Gasteiger partial charge in [0, 0.05) is 0 Å². The Bertz CT molecular complexity index is 128. The molecule has 0 unspecified atom stereocenters. The van der Waals surface area contributed by atoms with Gasteiger partial charge in [-0.05, 0) is 40.0 Å². The van der Waals surface area contributed by atoms with Crippen LogP contribution in [0.2, 0.25) is 0 Å². The van der Waals surface area contributed by atoms with Crippen LogP contribution in [0.3, 0.4) is 0 Å². The number of hydrogen-bond donors (Lipinski definition) is 1. The van der Waals surface area contributed by atoms with Crippen molar-refractivity contribution in [2.24, 2.45) is 0 Å². The maximum atomic E-state index is 9.37. The molecule has 0 aliphatic heterocycles. The molecule has 1 heteroatoms. The number of allylic oxidation sites excluding steroid dienone is 2. The highest BCUT2D eigenvalue weighted by Crippen LogP contribution is 2.12. The molecule has 0 spiro atoms. The van der Waals surface area contributed by atoms with Gasteiger partial charge < -0.3 is 5.11 Å². The first kappa shape index (κ1) is 10.7. The quantitative estimate of drug-likeness (QED) is 0.620. The highest BCUT2D eigenvalue weighted by molar-refractivity contribution is 4.96. The van der Waals surface area contributed by atoms with Crippen molar-refractivity contribution in [3.8, 4) is 0 Å². The Kier molecular flexibility index (Phi) is 4.43. The zero-order valence-corrected chi connectivity index (χ0v) is 8.15. The molecular weight excluding hydrogens is 136 g/mol. The minimum Gasteiger partial charge on any atom is -0.390 e. The molecule has 0 radical (unpaired) electrons. The van der Waals surface area contributed by atoms with Gasteiger partial charge in [-0.3, -0.25) is 0 Å². The fourth-order valence-corrected chi connectivity index (χ4v) is 0.816. The van der Waals surface area contributed by atoms with Crippen LogP contribution in [0.25, 0.3) is 0 Å². The van der Waals surface area contributed by atoms with Crippen molar-refractivity contribution < 1.29 is 5.11 Å². The Labute approximate surface area is 70.1 Å². The van der Waals surface area contributed by atoms with E-state index in [4.69, 9.17) is 0 Å². The Morgan fingerprint density at radius 2 is 2.00 bits per heavy atom. The fraction of sp³-hybridized carbons (Fsp3) is 0.800. The summed E-state index contributed by atoms with van der Waals surface area (Å²) in [6.07, 6.45) is 5.16. The number of aliphatic hydroxyl groups is 1. The molecule has 0 bridgehead atoms. The highest BCUT2D eigenvalue weighted by atomic mass is 16.3. The van der Waals surface area contributed by atoms with Gasteiger partial charge in [0.05, 0.1) is 5.60 Å². The number of rotatable bonds is 4. The van der Waals surface area contributed by atoms with Crippen molar-refractivity contribution >= 4 is 0 Å². The first-order chi connectivity index (χ1) is 4.95. The Morgan fingerprint density at radius 3 is 2.36 bits per heavy atom. The van der Waals surface area contributed by atoms with Gasteiger partial charge in [0.15, 0.2) is 0 Å². The van der Waals surface area contributed by atoms with Gasteiger partial charge in [0.25, 0.3) is 0 Å². The second kappa shape index (κ2) is 4.55. The monoisotopic (exact) mass is 156 g/mol. The summed E-state index contributed by atoms with van der Waals surface area (Å²) in [5.41, 5.74) is 0.902. The van der Waals surface area contributed by atoms with E-state index in [1.807, 2.05) is 13.8 Å². The Morgan fingerprint density at radius 1 is 1.45 bits per heavy atom. The van der Waals surface area contributed by atoms with Crippen LogP contribution in [-0.2, 0) is 0 Å². The van der Waals surface area contributed by atoms with Crippen LogP contribution in [0.15, 0.2) is 11.6 Å². The minimum atomic E-state index is -0.509. The topological polar surface area (TPSA) is 20.2 Å². The van der Waals surface area contributed by atoms with E-state index >= 15 is 0 Å². The van der Waals surface area contributed by atoms with Gasteiger partial charge in [-0.25, -0.2) is 0 Å². The van der Waals surface area contributed by atoms with Gasteiger partial charge in [-0.2, -0.15) is 0 Å². The van der Waals surface area contributed by atoms with Crippen LogP contribution in [0.4, 0.5) is 0 Å². The standard InChI is InChI=1S/C10H20O/c1-5-9(2)7-6-8-10(3,4)11/h7,11H,5-6,8H2,1-4H3. The second-order valence-corrected chi connectivity index (χ2v) is 3.76. The number of hydrogen-bond acceptors (Lipinski definition) is 1. The van der Waals surface area contributed by atoms with Crippen LogP contribution in [0.1, 0.15) is 47.0 Å². The van der Waals surface area contributed by atoms with Crippen LogP contribution < -0.4 is 0 Å². The lowest BCUT2D eigenvalue weighted by atomic mass is 10.0. The molecule has 0 saturated heterocycles. The zero-order valence-electron chi connectivity index (χ0n) is 8.15. The lowest BCUT2D eigenvalue weighted by molar-refractivity contribution is 0.0721. The SMILES string of the molecule is CCC(C)=CCCC(C)(C)O. The largest absolute Gasteiger partial charge is 0.390 e. The second-order valence-electron chi connectivity index (χ2n) is 3.76. The van der Waals surface area contributed by atoms with Crippen LogP contribution >= 0.6 is 0 Å². The summed E-state index contributed by atoms with van der Waals surface area (Å²) >= 11 is 0. The molecule has 0 aliphatic rings. The van der Waals surface area contributed by atoms with Crippen molar-refractivity contribution in [2.75, 3.05) is 0 Å². The summed E-state index contributed by atoms with van der Waals surface area (Å²) in [7, 11) is 0. The van der Waals surface area contributed by atoms with E-state index in [1.165, 1.54) is 5.57 Å². The molecule has 0 aromatic carbocycles. The van der Waals surface area contributed by atoms with E-state index in [1.54, 1.807) is 0 Å². The minimum absolute atomic E-state index is 0.509. The van der Waals surface area contributed by atoms with E-state index in [0.717, 1.165) is 19.3 Å². The molecule has 0 heterocycles. The molecular formula is C10H20O. The van der Waals surface area contributed by atoms with Crippen LogP contribution in [-0.4, -0.2) is 10.7 Å².